The van der Waals surface area contributed by atoms with Crippen molar-refractivity contribution in [3.8, 4) is 11.6 Å². The van der Waals surface area contributed by atoms with Crippen molar-refractivity contribution in [1.82, 2.24) is 4.98 Å². The van der Waals surface area contributed by atoms with Gasteiger partial charge in [-0.05, 0) is 36.1 Å². The molecule has 22 heavy (non-hydrogen) atoms. The summed E-state index contributed by atoms with van der Waals surface area (Å²) >= 11 is 0. The summed E-state index contributed by atoms with van der Waals surface area (Å²) in [4.78, 5) is 15.6. The van der Waals surface area contributed by atoms with Crippen molar-refractivity contribution in [3.05, 3.63) is 47.7 Å². The summed E-state index contributed by atoms with van der Waals surface area (Å²) in [6.07, 6.45) is 1.41. The molecule has 2 heterocycles. The van der Waals surface area contributed by atoms with Crippen molar-refractivity contribution in [2.75, 3.05) is 6.61 Å². The summed E-state index contributed by atoms with van der Waals surface area (Å²) in [6, 6.07) is 8.49. The Labute approximate surface area is 127 Å². The van der Waals surface area contributed by atoms with Gasteiger partial charge in [0.05, 0.1) is 18.8 Å². The zero-order valence-electron chi connectivity index (χ0n) is 12.0. The molecule has 0 aliphatic carbocycles. The predicted octanol–water partition coefficient (Wildman–Crippen LogP) is 1.27. The van der Waals surface area contributed by atoms with Gasteiger partial charge < -0.3 is 19.2 Å². The van der Waals surface area contributed by atoms with Gasteiger partial charge in [-0.2, -0.15) is 0 Å². The molecule has 0 radical (unpaired) electrons. The molecular formula is C15H14BNO5. The molecular weight excluding hydrogens is 285 g/mol. The monoisotopic (exact) mass is 299 g/mol. The van der Waals surface area contributed by atoms with Gasteiger partial charge in [0.2, 0.25) is 5.88 Å². The van der Waals surface area contributed by atoms with E-state index in [9.17, 15) is 9.82 Å². The summed E-state index contributed by atoms with van der Waals surface area (Å²) in [6.45, 7) is 2.42. The second-order valence-corrected chi connectivity index (χ2v) is 4.73. The summed E-state index contributed by atoms with van der Waals surface area (Å²) in [5, 5.41) is 9.57. The van der Waals surface area contributed by atoms with Gasteiger partial charge in [0.15, 0.2) is 0 Å². The Morgan fingerprint density at radius 3 is 3.00 bits per heavy atom. The number of fused-ring (bicyclic) bond motifs is 1. The Bertz CT molecular complexity index is 689. The molecule has 1 N–H and O–H groups in total. The zero-order chi connectivity index (χ0) is 15.5. The predicted molar refractivity (Wildman–Crippen MR) is 79.1 cm³/mol. The number of carbonyl (C=O) groups is 1. The van der Waals surface area contributed by atoms with Gasteiger partial charge in [-0.3, -0.25) is 0 Å². The first-order valence-electron chi connectivity index (χ1n) is 6.91. The molecule has 0 amide bonds. The number of rotatable bonds is 4. The minimum atomic E-state index is -0.869. The molecule has 0 saturated carbocycles. The molecule has 0 atom stereocenters. The Kier molecular flexibility index (Phi) is 4.08. The van der Waals surface area contributed by atoms with E-state index in [1.54, 1.807) is 37.3 Å². The van der Waals surface area contributed by atoms with Gasteiger partial charge >= 0.3 is 13.1 Å². The number of esters is 1. The van der Waals surface area contributed by atoms with E-state index in [4.69, 9.17) is 14.1 Å². The molecule has 1 aromatic carbocycles. The largest absolute Gasteiger partial charge is 0.491 e. The Hall–Kier alpha value is -2.38. The van der Waals surface area contributed by atoms with Gasteiger partial charge in [0.1, 0.15) is 5.75 Å². The average molecular weight is 299 g/mol. The van der Waals surface area contributed by atoms with Gasteiger partial charge in [-0.25, -0.2) is 9.78 Å². The Morgan fingerprint density at radius 1 is 1.41 bits per heavy atom. The second kappa shape index (κ2) is 6.17. The quantitative estimate of drug-likeness (QED) is 0.676. The third kappa shape index (κ3) is 2.95. The van der Waals surface area contributed by atoms with Gasteiger partial charge in [0, 0.05) is 12.3 Å². The van der Waals surface area contributed by atoms with E-state index < -0.39 is 13.1 Å². The second-order valence-electron chi connectivity index (χ2n) is 4.73. The number of nitrogens with zero attached hydrogens (tertiary/aromatic N) is 1. The summed E-state index contributed by atoms with van der Waals surface area (Å²) in [5.74, 6) is 0.547. The van der Waals surface area contributed by atoms with Crippen LogP contribution in [-0.2, 0) is 16.0 Å². The van der Waals surface area contributed by atoms with Crippen molar-refractivity contribution in [2.24, 2.45) is 0 Å². The lowest BCUT2D eigenvalue weighted by Crippen LogP contribution is -2.27. The van der Waals surface area contributed by atoms with Crippen LogP contribution in [0.2, 0.25) is 0 Å². The fraction of sp³-hybridized carbons (Fsp3) is 0.200. The van der Waals surface area contributed by atoms with Crippen molar-refractivity contribution < 1.29 is 23.9 Å². The van der Waals surface area contributed by atoms with Crippen LogP contribution in [0, 0.1) is 0 Å². The molecule has 0 unspecified atom stereocenters. The van der Waals surface area contributed by atoms with Crippen LogP contribution in [-0.4, -0.2) is 29.7 Å². The Morgan fingerprint density at radius 2 is 2.27 bits per heavy atom. The first-order valence-corrected chi connectivity index (χ1v) is 6.91. The maximum absolute atomic E-state index is 11.5. The molecule has 0 saturated heterocycles. The summed E-state index contributed by atoms with van der Waals surface area (Å²) in [7, 11) is -0.869. The maximum atomic E-state index is 11.5. The molecule has 1 aromatic heterocycles. The zero-order valence-corrected chi connectivity index (χ0v) is 12.0. The van der Waals surface area contributed by atoms with Crippen LogP contribution in [0.15, 0.2) is 36.5 Å². The lowest BCUT2D eigenvalue weighted by Gasteiger charge is -2.07. The number of benzene rings is 1. The highest BCUT2D eigenvalue weighted by Gasteiger charge is 2.27. The number of ether oxygens (including phenoxy) is 2. The highest BCUT2D eigenvalue weighted by atomic mass is 16.5. The molecule has 2 aromatic rings. The van der Waals surface area contributed by atoms with Crippen LogP contribution in [0.25, 0.3) is 0 Å². The first-order chi connectivity index (χ1) is 10.7. The number of hydrogen-bond acceptors (Lipinski definition) is 6. The van der Waals surface area contributed by atoms with Crippen LogP contribution in [0.3, 0.4) is 0 Å². The molecule has 3 rings (SSSR count). The standard InChI is InChI=1S/C15H14BNO5/c1-2-20-15(18)10-3-6-14(17-8-10)22-12-4-5-13-11(7-12)9-21-16(13)19/h3-8,19H,2,9H2,1H3. The number of aromatic nitrogens is 1. The topological polar surface area (TPSA) is 77.9 Å². The number of pyridine rings is 1. The lowest BCUT2D eigenvalue weighted by atomic mass is 9.80. The van der Waals surface area contributed by atoms with E-state index in [2.05, 4.69) is 4.98 Å². The van der Waals surface area contributed by atoms with E-state index in [1.165, 1.54) is 6.20 Å². The van der Waals surface area contributed by atoms with E-state index in [1.807, 2.05) is 0 Å². The highest BCUT2D eigenvalue weighted by Crippen LogP contribution is 2.22. The van der Waals surface area contributed by atoms with Crippen molar-refractivity contribution >= 4 is 18.6 Å². The molecule has 0 fully saturated rings. The van der Waals surface area contributed by atoms with Crippen LogP contribution >= 0.6 is 0 Å². The molecule has 0 spiro atoms. The van der Waals surface area contributed by atoms with Crippen LogP contribution in [0.4, 0.5) is 0 Å². The lowest BCUT2D eigenvalue weighted by molar-refractivity contribution is 0.0526. The summed E-state index contributed by atoms with van der Waals surface area (Å²) < 4.78 is 15.6. The highest BCUT2D eigenvalue weighted by molar-refractivity contribution is 6.61. The van der Waals surface area contributed by atoms with Crippen LogP contribution < -0.4 is 10.2 Å². The fourth-order valence-electron chi connectivity index (χ4n) is 2.17. The van der Waals surface area contributed by atoms with E-state index in [0.717, 1.165) is 11.0 Å². The average Bonchev–Trinajstić information content (AvgIpc) is 2.89. The maximum Gasteiger partial charge on any atom is 0.491 e. The van der Waals surface area contributed by atoms with Crippen molar-refractivity contribution in [2.45, 2.75) is 13.5 Å². The van der Waals surface area contributed by atoms with Gasteiger partial charge in [0.25, 0.3) is 0 Å². The first kappa shape index (κ1) is 14.6. The molecule has 6 nitrogen and oxygen atoms in total. The molecule has 112 valence electrons. The third-order valence-electron chi connectivity index (χ3n) is 3.25. The number of hydrogen-bond donors (Lipinski definition) is 1. The minimum Gasteiger partial charge on any atom is -0.462 e. The molecule has 1 aliphatic rings. The number of carbonyl (C=O) groups excluding carboxylic acids is 1. The smallest absolute Gasteiger partial charge is 0.462 e. The van der Waals surface area contributed by atoms with Crippen molar-refractivity contribution in [1.29, 1.82) is 0 Å². The van der Waals surface area contributed by atoms with E-state index in [-0.39, 0.29) is 0 Å². The third-order valence-corrected chi connectivity index (χ3v) is 3.25. The SMILES string of the molecule is CCOC(=O)c1ccc(Oc2ccc3c(c2)COB3O)nc1. The summed E-state index contributed by atoms with van der Waals surface area (Å²) in [5.41, 5.74) is 2.01. The normalized spacial score (nSPS) is 12.9. The van der Waals surface area contributed by atoms with Crippen LogP contribution in [0.1, 0.15) is 22.8 Å². The van der Waals surface area contributed by atoms with E-state index in [0.29, 0.717) is 30.4 Å². The van der Waals surface area contributed by atoms with Gasteiger partial charge in [-0.15, -0.1) is 0 Å². The minimum absolute atomic E-state index is 0.320. The van der Waals surface area contributed by atoms with Gasteiger partial charge in [-0.1, -0.05) is 6.07 Å². The fourth-order valence-corrected chi connectivity index (χ4v) is 2.17. The molecule has 0 bridgehead atoms. The molecule has 1 aliphatic heterocycles. The molecule has 7 heteroatoms. The van der Waals surface area contributed by atoms with E-state index >= 15 is 0 Å². The Balaban J connectivity index is 1.72. The van der Waals surface area contributed by atoms with Crippen LogP contribution in [0.5, 0.6) is 11.6 Å². The van der Waals surface area contributed by atoms with Crippen molar-refractivity contribution in [3.63, 3.8) is 0 Å².